The number of aliphatic hydroxyl groups is 1. The van der Waals surface area contributed by atoms with E-state index in [9.17, 15) is 14.7 Å². The van der Waals surface area contributed by atoms with E-state index < -0.39 is 17.7 Å². The van der Waals surface area contributed by atoms with Crippen molar-refractivity contribution in [2.75, 3.05) is 39.9 Å². The number of ether oxygens (including phenoxy) is 2. The topological polar surface area (TPSA) is 79.3 Å². The van der Waals surface area contributed by atoms with E-state index in [-0.39, 0.29) is 11.3 Å². The average Bonchev–Trinajstić information content (AvgIpc) is 3.12. The monoisotopic (exact) mass is 500 g/mol. The molecule has 0 saturated carbocycles. The van der Waals surface area contributed by atoms with Gasteiger partial charge in [-0.3, -0.25) is 9.59 Å². The summed E-state index contributed by atoms with van der Waals surface area (Å²) >= 11 is 6.33. The summed E-state index contributed by atoms with van der Waals surface area (Å²) in [7, 11) is 1.57. The molecule has 1 heterocycles. The SMILES string of the molecule is CCOc1ccc(C(O)=C2C(=O)C(=O)N(CCCN(CC)CC)[C@@H]2c2ccc(OC)cc2)cc1Cl. The second kappa shape index (κ2) is 12.1. The number of carbonyl (C=O) groups excluding carboxylic acids is 2. The molecule has 0 spiro atoms. The van der Waals surface area contributed by atoms with Crippen LogP contribution in [0.15, 0.2) is 48.0 Å². The molecular formula is C27H33ClN2O5. The number of amides is 1. The van der Waals surface area contributed by atoms with Crippen molar-refractivity contribution >= 4 is 29.1 Å². The van der Waals surface area contributed by atoms with Crippen molar-refractivity contribution in [3.63, 3.8) is 0 Å². The third kappa shape index (κ3) is 5.80. The second-order valence-electron chi connectivity index (χ2n) is 8.22. The van der Waals surface area contributed by atoms with Gasteiger partial charge < -0.3 is 24.4 Å². The van der Waals surface area contributed by atoms with Crippen LogP contribution < -0.4 is 9.47 Å². The Morgan fingerprint density at radius 3 is 2.34 bits per heavy atom. The molecule has 1 aliphatic rings. The van der Waals surface area contributed by atoms with Gasteiger partial charge in [-0.2, -0.15) is 0 Å². The van der Waals surface area contributed by atoms with Crippen molar-refractivity contribution in [2.24, 2.45) is 0 Å². The van der Waals surface area contributed by atoms with Crippen LogP contribution in [0.1, 0.15) is 44.4 Å². The Morgan fingerprint density at radius 1 is 1.09 bits per heavy atom. The predicted octanol–water partition coefficient (Wildman–Crippen LogP) is 4.90. The fourth-order valence-corrected chi connectivity index (χ4v) is 4.56. The number of Topliss-reactive ketones (excluding diaryl/α,β-unsaturated/α-hetero) is 1. The molecule has 0 aliphatic carbocycles. The fraction of sp³-hybridized carbons (Fsp3) is 0.407. The van der Waals surface area contributed by atoms with Gasteiger partial charge in [-0.15, -0.1) is 0 Å². The van der Waals surface area contributed by atoms with E-state index in [1.807, 2.05) is 19.1 Å². The molecule has 8 heteroatoms. The van der Waals surface area contributed by atoms with Crippen molar-refractivity contribution in [3.8, 4) is 11.5 Å². The largest absolute Gasteiger partial charge is 0.507 e. The lowest BCUT2D eigenvalue weighted by Gasteiger charge is -2.27. The Kier molecular flexibility index (Phi) is 9.18. The zero-order valence-electron chi connectivity index (χ0n) is 20.7. The molecule has 1 amide bonds. The Balaban J connectivity index is 2.04. The van der Waals surface area contributed by atoms with Crippen molar-refractivity contribution in [3.05, 3.63) is 64.2 Å². The van der Waals surface area contributed by atoms with Gasteiger partial charge >= 0.3 is 0 Å². The highest BCUT2D eigenvalue weighted by molar-refractivity contribution is 6.46. The normalized spacial score (nSPS) is 17.3. The number of nitrogens with zero attached hydrogens (tertiary/aromatic N) is 2. The summed E-state index contributed by atoms with van der Waals surface area (Å²) in [6.07, 6.45) is 0.705. The number of hydrogen-bond donors (Lipinski definition) is 1. The third-order valence-corrected chi connectivity index (χ3v) is 6.54. The first-order valence-electron chi connectivity index (χ1n) is 11.9. The first-order chi connectivity index (χ1) is 16.9. The summed E-state index contributed by atoms with van der Waals surface area (Å²) in [6, 6.07) is 11.3. The molecule has 2 aromatic rings. The minimum absolute atomic E-state index is 0.0447. The first-order valence-corrected chi connectivity index (χ1v) is 12.3. The average molecular weight is 501 g/mol. The molecule has 1 fully saturated rings. The number of hydrogen-bond acceptors (Lipinski definition) is 6. The minimum atomic E-state index is -0.719. The highest BCUT2D eigenvalue weighted by Crippen LogP contribution is 2.40. The molecule has 3 rings (SSSR count). The maximum atomic E-state index is 13.2. The lowest BCUT2D eigenvalue weighted by Crippen LogP contribution is -2.33. The Hall–Kier alpha value is -3.03. The second-order valence-corrected chi connectivity index (χ2v) is 8.63. The van der Waals surface area contributed by atoms with Gasteiger partial charge in [0.2, 0.25) is 0 Å². The van der Waals surface area contributed by atoms with Crippen LogP contribution in [0.2, 0.25) is 5.02 Å². The van der Waals surface area contributed by atoms with Gasteiger partial charge in [0.15, 0.2) is 0 Å². The van der Waals surface area contributed by atoms with Crippen LogP contribution >= 0.6 is 11.6 Å². The van der Waals surface area contributed by atoms with Crippen LogP contribution in [-0.2, 0) is 9.59 Å². The van der Waals surface area contributed by atoms with E-state index in [0.717, 1.165) is 19.6 Å². The Morgan fingerprint density at radius 2 is 1.77 bits per heavy atom. The molecule has 0 unspecified atom stereocenters. The van der Waals surface area contributed by atoms with E-state index in [0.29, 0.717) is 47.2 Å². The standard InChI is InChI=1S/C27H33ClN2O5/c1-5-29(6-2)15-8-16-30-24(18-9-12-20(34-4)13-10-18)23(26(32)27(30)33)25(31)19-11-14-22(35-7-3)21(28)17-19/h9-14,17,24,31H,5-8,15-16H2,1-4H3/t24-/m1/s1. The van der Waals surface area contributed by atoms with Crippen LogP contribution in [0.5, 0.6) is 11.5 Å². The molecule has 0 radical (unpaired) electrons. The van der Waals surface area contributed by atoms with Crippen LogP contribution in [0, 0.1) is 0 Å². The van der Waals surface area contributed by atoms with Gasteiger partial charge in [-0.1, -0.05) is 37.6 Å². The van der Waals surface area contributed by atoms with Gasteiger partial charge in [0.25, 0.3) is 11.7 Å². The van der Waals surface area contributed by atoms with Gasteiger partial charge in [0.1, 0.15) is 17.3 Å². The minimum Gasteiger partial charge on any atom is -0.507 e. The number of ketones is 1. The van der Waals surface area contributed by atoms with E-state index in [1.165, 1.54) is 0 Å². The molecule has 2 aromatic carbocycles. The molecule has 1 N–H and O–H groups in total. The number of aliphatic hydroxyl groups excluding tert-OH is 1. The molecule has 1 saturated heterocycles. The molecule has 188 valence electrons. The zero-order valence-corrected chi connectivity index (χ0v) is 21.5. The van der Waals surface area contributed by atoms with Crippen molar-refractivity contribution in [1.82, 2.24) is 9.80 Å². The van der Waals surface area contributed by atoms with Crippen molar-refractivity contribution < 1.29 is 24.2 Å². The smallest absolute Gasteiger partial charge is 0.295 e. The fourth-order valence-electron chi connectivity index (χ4n) is 4.32. The lowest BCUT2D eigenvalue weighted by molar-refractivity contribution is -0.140. The molecule has 7 nitrogen and oxygen atoms in total. The van der Waals surface area contributed by atoms with E-state index in [4.69, 9.17) is 21.1 Å². The van der Waals surface area contributed by atoms with E-state index in [2.05, 4.69) is 18.7 Å². The summed E-state index contributed by atoms with van der Waals surface area (Å²) in [5.41, 5.74) is 1.10. The first kappa shape index (κ1) is 26.6. The molecule has 0 bridgehead atoms. The maximum Gasteiger partial charge on any atom is 0.295 e. The van der Waals surface area contributed by atoms with Crippen LogP contribution in [0.4, 0.5) is 0 Å². The number of methoxy groups -OCH3 is 1. The summed E-state index contributed by atoms with van der Waals surface area (Å²) in [4.78, 5) is 30.1. The summed E-state index contributed by atoms with van der Waals surface area (Å²) in [5.74, 6) is -0.458. The lowest BCUT2D eigenvalue weighted by atomic mass is 9.95. The highest BCUT2D eigenvalue weighted by atomic mass is 35.5. The van der Waals surface area contributed by atoms with Crippen molar-refractivity contribution in [2.45, 2.75) is 33.2 Å². The number of halogens is 1. The summed E-state index contributed by atoms with van der Waals surface area (Å²) in [5, 5.41) is 11.6. The Labute approximate surface area is 211 Å². The third-order valence-electron chi connectivity index (χ3n) is 6.24. The summed E-state index contributed by atoms with van der Waals surface area (Å²) in [6.45, 7) is 9.50. The van der Waals surface area contributed by atoms with Crippen LogP contribution in [0.3, 0.4) is 0 Å². The number of carbonyl (C=O) groups is 2. The number of rotatable bonds is 11. The van der Waals surface area contributed by atoms with Gasteiger partial charge in [-0.05, 0) is 68.9 Å². The highest BCUT2D eigenvalue weighted by Gasteiger charge is 2.45. The van der Waals surface area contributed by atoms with Crippen LogP contribution in [0.25, 0.3) is 5.76 Å². The molecule has 1 atom stereocenters. The van der Waals surface area contributed by atoms with Crippen molar-refractivity contribution in [1.29, 1.82) is 0 Å². The zero-order chi connectivity index (χ0) is 25.5. The van der Waals surface area contributed by atoms with Crippen LogP contribution in [-0.4, -0.2) is 66.5 Å². The maximum absolute atomic E-state index is 13.2. The molecule has 35 heavy (non-hydrogen) atoms. The number of likely N-dealkylation sites (tertiary alicyclic amines) is 1. The number of benzene rings is 2. The predicted molar refractivity (Wildman–Crippen MR) is 137 cm³/mol. The van der Waals surface area contributed by atoms with Gasteiger partial charge in [-0.25, -0.2) is 0 Å². The van der Waals surface area contributed by atoms with E-state index in [1.54, 1.807) is 42.3 Å². The van der Waals surface area contributed by atoms with Gasteiger partial charge in [0, 0.05) is 12.1 Å². The molecule has 1 aliphatic heterocycles. The summed E-state index contributed by atoms with van der Waals surface area (Å²) < 4.78 is 10.7. The molecule has 0 aromatic heterocycles. The Bertz CT molecular complexity index is 1080. The van der Waals surface area contributed by atoms with Gasteiger partial charge in [0.05, 0.1) is 30.4 Å². The van der Waals surface area contributed by atoms with E-state index >= 15 is 0 Å². The quantitative estimate of drug-likeness (QED) is 0.268. The molecular weight excluding hydrogens is 468 g/mol.